The van der Waals surface area contributed by atoms with E-state index in [1.807, 2.05) is 27.2 Å². The van der Waals surface area contributed by atoms with Crippen LogP contribution in [0.25, 0.3) is 0 Å². The lowest BCUT2D eigenvalue weighted by atomic mass is 10.0. The van der Waals surface area contributed by atoms with Gasteiger partial charge in [-0.3, -0.25) is 13.8 Å². The van der Waals surface area contributed by atoms with Crippen molar-refractivity contribution in [1.82, 2.24) is 5.32 Å². The van der Waals surface area contributed by atoms with Crippen molar-refractivity contribution < 1.29 is 32.9 Å². The molecule has 410 valence electrons. The molecule has 3 unspecified atom stereocenters. The number of likely N-dealkylation sites (N-methyl/N-ethyl adjacent to an activating group) is 1. The van der Waals surface area contributed by atoms with Crippen LogP contribution < -0.4 is 5.32 Å². The van der Waals surface area contributed by atoms with Crippen LogP contribution >= 0.6 is 7.82 Å². The van der Waals surface area contributed by atoms with Gasteiger partial charge in [0.1, 0.15) is 13.2 Å². The summed E-state index contributed by atoms with van der Waals surface area (Å²) < 4.78 is 23.7. The number of amides is 1. The van der Waals surface area contributed by atoms with Crippen LogP contribution in [-0.2, 0) is 18.4 Å². The molecule has 69 heavy (non-hydrogen) atoms. The Morgan fingerprint density at radius 2 is 0.797 bits per heavy atom. The van der Waals surface area contributed by atoms with Crippen molar-refractivity contribution in [3.8, 4) is 0 Å². The minimum Gasteiger partial charge on any atom is -0.387 e. The Labute approximate surface area is 430 Å². The van der Waals surface area contributed by atoms with E-state index in [2.05, 4.69) is 31.3 Å². The fraction of sp³-hybridized carbons (Fsp3) is 0.917. The van der Waals surface area contributed by atoms with Crippen molar-refractivity contribution >= 4 is 13.7 Å². The van der Waals surface area contributed by atoms with Crippen molar-refractivity contribution in [1.29, 1.82) is 0 Å². The van der Waals surface area contributed by atoms with Gasteiger partial charge in [-0.25, -0.2) is 4.57 Å². The number of nitrogens with zero attached hydrogens (tertiary/aromatic N) is 1. The highest BCUT2D eigenvalue weighted by Crippen LogP contribution is 2.43. The molecule has 0 bridgehead atoms. The van der Waals surface area contributed by atoms with E-state index in [4.69, 9.17) is 9.05 Å². The van der Waals surface area contributed by atoms with Crippen LogP contribution in [0.5, 0.6) is 0 Å². The molecule has 0 rings (SSSR count). The largest absolute Gasteiger partial charge is 0.472 e. The number of quaternary nitrogens is 1. The molecule has 9 heteroatoms. The molecule has 0 fully saturated rings. The molecular formula is C60H120N2O6P+. The van der Waals surface area contributed by atoms with Gasteiger partial charge < -0.3 is 19.8 Å². The fourth-order valence-corrected chi connectivity index (χ4v) is 9.92. The summed E-state index contributed by atoms with van der Waals surface area (Å²) in [6.07, 6.45) is 65.9. The lowest BCUT2D eigenvalue weighted by Gasteiger charge is -2.25. The minimum atomic E-state index is -4.35. The standard InChI is InChI=1S/C60H119N2O6P/c1-6-8-10-12-14-16-18-20-22-24-25-26-27-28-29-30-31-32-33-34-35-36-37-38-40-42-44-46-48-50-52-54-60(64)61-58(57-68-69(65,66)67-56-55-62(3,4)5)59(63)53-51-49-47-45-43-41-39-23-21-19-17-15-13-11-9-7-2/h43,45,51,53,58-59,63H,6-42,44,46-50,52,54-57H2,1-5H3,(H-,61,64,65,66)/p+1/b45-43+,53-51+. The normalized spacial score (nSPS) is 14.0. The first kappa shape index (κ1) is 68.0. The number of phosphoric ester groups is 1. The van der Waals surface area contributed by atoms with E-state index in [0.717, 1.165) is 38.5 Å². The summed E-state index contributed by atoms with van der Waals surface area (Å²) in [5.74, 6) is -0.180. The second kappa shape index (κ2) is 51.9. The molecular weight excluding hydrogens is 876 g/mol. The number of aliphatic hydroxyl groups excluding tert-OH is 1. The van der Waals surface area contributed by atoms with Gasteiger partial charge in [0, 0.05) is 6.42 Å². The Hall–Kier alpha value is -1.02. The summed E-state index contributed by atoms with van der Waals surface area (Å²) in [4.78, 5) is 23.3. The number of allylic oxidation sites excluding steroid dienone is 3. The van der Waals surface area contributed by atoms with E-state index in [-0.39, 0.29) is 19.1 Å². The zero-order valence-electron chi connectivity index (χ0n) is 46.8. The third-order valence-electron chi connectivity index (χ3n) is 13.9. The maximum atomic E-state index is 13.0. The number of aliphatic hydroxyl groups is 1. The molecule has 0 saturated carbocycles. The van der Waals surface area contributed by atoms with Gasteiger partial charge in [0.25, 0.3) is 0 Å². The molecule has 0 aromatic carbocycles. The SMILES string of the molecule is CCCCCCCCCCCC/C=C/CC/C=C/C(O)C(COP(=O)(O)OCC[N+](C)(C)C)NC(=O)CCCCCCCCCCCCCCCCCCCCCCCCCCCCCCCCC. The highest BCUT2D eigenvalue weighted by atomic mass is 31.2. The van der Waals surface area contributed by atoms with Crippen LogP contribution in [0.15, 0.2) is 24.3 Å². The lowest BCUT2D eigenvalue weighted by Crippen LogP contribution is -2.45. The maximum Gasteiger partial charge on any atom is 0.472 e. The van der Waals surface area contributed by atoms with E-state index < -0.39 is 20.0 Å². The van der Waals surface area contributed by atoms with Gasteiger partial charge >= 0.3 is 7.82 Å². The van der Waals surface area contributed by atoms with Gasteiger partial charge in [0.05, 0.1) is 39.9 Å². The molecule has 0 aliphatic carbocycles. The van der Waals surface area contributed by atoms with E-state index in [1.54, 1.807) is 6.08 Å². The summed E-state index contributed by atoms with van der Waals surface area (Å²) in [7, 11) is 1.57. The van der Waals surface area contributed by atoms with Gasteiger partial charge in [0.15, 0.2) is 0 Å². The fourth-order valence-electron chi connectivity index (χ4n) is 9.18. The lowest BCUT2D eigenvalue weighted by molar-refractivity contribution is -0.870. The highest BCUT2D eigenvalue weighted by molar-refractivity contribution is 7.47. The predicted molar refractivity (Wildman–Crippen MR) is 300 cm³/mol. The number of carbonyl (C=O) groups is 1. The van der Waals surface area contributed by atoms with E-state index in [9.17, 15) is 19.4 Å². The Morgan fingerprint density at radius 3 is 1.16 bits per heavy atom. The maximum absolute atomic E-state index is 13.0. The molecule has 3 atom stereocenters. The summed E-state index contributed by atoms with van der Waals surface area (Å²) in [6.45, 7) is 4.83. The third-order valence-corrected chi connectivity index (χ3v) is 14.9. The smallest absolute Gasteiger partial charge is 0.387 e. The van der Waals surface area contributed by atoms with Crippen LogP contribution in [0, 0.1) is 0 Å². The second-order valence-corrected chi connectivity index (χ2v) is 23.5. The average molecular weight is 997 g/mol. The molecule has 0 heterocycles. The topological polar surface area (TPSA) is 105 Å². The average Bonchev–Trinajstić information content (AvgIpc) is 3.31. The van der Waals surface area contributed by atoms with Gasteiger partial charge in [0.2, 0.25) is 5.91 Å². The summed E-state index contributed by atoms with van der Waals surface area (Å²) in [6, 6.07) is -0.860. The number of carbonyl (C=O) groups excluding carboxylic acids is 1. The molecule has 0 aliphatic heterocycles. The van der Waals surface area contributed by atoms with Crippen molar-refractivity contribution in [2.45, 2.75) is 315 Å². The highest BCUT2D eigenvalue weighted by Gasteiger charge is 2.27. The van der Waals surface area contributed by atoms with Crippen LogP contribution in [-0.4, -0.2) is 73.4 Å². The van der Waals surface area contributed by atoms with Crippen molar-refractivity contribution in [2.75, 3.05) is 40.9 Å². The number of nitrogens with one attached hydrogen (secondary N) is 1. The van der Waals surface area contributed by atoms with Gasteiger partial charge in [-0.2, -0.15) is 0 Å². The number of phosphoric acid groups is 1. The molecule has 1 amide bonds. The van der Waals surface area contributed by atoms with Crippen molar-refractivity contribution in [3.05, 3.63) is 24.3 Å². The van der Waals surface area contributed by atoms with E-state index >= 15 is 0 Å². The monoisotopic (exact) mass is 996 g/mol. The molecule has 0 aromatic heterocycles. The molecule has 0 saturated heterocycles. The van der Waals surface area contributed by atoms with Gasteiger partial charge in [-0.15, -0.1) is 0 Å². The molecule has 0 spiro atoms. The molecule has 0 aliphatic rings. The Bertz CT molecular complexity index is 1170. The van der Waals surface area contributed by atoms with E-state index in [1.165, 1.54) is 244 Å². The zero-order valence-corrected chi connectivity index (χ0v) is 47.7. The molecule has 0 radical (unpaired) electrons. The van der Waals surface area contributed by atoms with Crippen LogP contribution in [0.1, 0.15) is 303 Å². The van der Waals surface area contributed by atoms with Gasteiger partial charge in [-0.05, 0) is 32.1 Å². The number of rotatable bonds is 56. The number of unbranched alkanes of at least 4 members (excludes halogenated alkanes) is 41. The first-order valence-electron chi connectivity index (χ1n) is 30.2. The second-order valence-electron chi connectivity index (χ2n) is 22.1. The van der Waals surface area contributed by atoms with Gasteiger partial charge in [-0.1, -0.05) is 289 Å². The van der Waals surface area contributed by atoms with Crippen LogP contribution in [0.3, 0.4) is 0 Å². The van der Waals surface area contributed by atoms with Crippen LogP contribution in [0.2, 0.25) is 0 Å². The van der Waals surface area contributed by atoms with E-state index in [0.29, 0.717) is 17.4 Å². The summed E-state index contributed by atoms with van der Waals surface area (Å²) in [5.41, 5.74) is 0. The quantitative estimate of drug-likeness (QED) is 0.0243. The van der Waals surface area contributed by atoms with Crippen molar-refractivity contribution in [3.63, 3.8) is 0 Å². The molecule has 0 aromatic rings. The number of hydrogen-bond donors (Lipinski definition) is 3. The first-order valence-corrected chi connectivity index (χ1v) is 31.7. The predicted octanol–water partition coefficient (Wildman–Crippen LogP) is 18.4. The number of hydrogen-bond acceptors (Lipinski definition) is 5. The summed E-state index contributed by atoms with van der Waals surface area (Å²) in [5, 5.41) is 13.9. The Morgan fingerprint density at radius 1 is 0.478 bits per heavy atom. The van der Waals surface area contributed by atoms with Crippen molar-refractivity contribution in [2.24, 2.45) is 0 Å². The minimum absolute atomic E-state index is 0.0587. The zero-order chi connectivity index (χ0) is 50.6. The third kappa shape index (κ3) is 54.6. The first-order chi connectivity index (χ1) is 33.5. The Balaban J connectivity index is 4.05. The Kier molecular flexibility index (Phi) is 51.1. The summed E-state index contributed by atoms with van der Waals surface area (Å²) >= 11 is 0. The molecule has 8 nitrogen and oxygen atoms in total. The molecule has 3 N–H and O–H groups in total. The van der Waals surface area contributed by atoms with Crippen LogP contribution in [0.4, 0.5) is 0 Å².